The lowest BCUT2D eigenvalue weighted by Gasteiger charge is -2.35. The van der Waals surface area contributed by atoms with Gasteiger partial charge in [-0.25, -0.2) is 0 Å². The minimum Gasteiger partial charge on any atom is -0.462 e. The third kappa shape index (κ3) is 1.91. The standard InChI is InChI=1S/C15H24O4/c1-8-9-6-11-10(4-5-14(11,2)17)15(3,18)7-12(9)19-13(8)16/h8-12,17-18H,4-7H2,1-3H3/t8-,9+,10+,11+,12+,14-,15-/m0/s1. The summed E-state index contributed by atoms with van der Waals surface area (Å²) in [6.07, 6.45) is 2.70. The minimum absolute atomic E-state index is 0.0643. The number of hydrogen-bond donors (Lipinski definition) is 2. The summed E-state index contributed by atoms with van der Waals surface area (Å²) in [7, 11) is 0. The fourth-order valence-corrected chi connectivity index (χ4v) is 4.67. The van der Waals surface area contributed by atoms with Gasteiger partial charge < -0.3 is 14.9 Å². The van der Waals surface area contributed by atoms with E-state index in [0.717, 1.165) is 19.3 Å². The van der Waals surface area contributed by atoms with Gasteiger partial charge in [-0.05, 0) is 44.9 Å². The van der Waals surface area contributed by atoms with Crippen LogP contribution < -0.4 is 0 Å². The Kier molecular flexibility index (Phi) is 2.78. The highest BCUT2D eigenvalue weighted by molar-refractivity contribution is 5.74. The number of esters is 1. The summed E-state index contributed by atoms with van der Waals surface area (Å²) in [5.41, 5.74) is -1.58. The fourth-order valence-electron chi connectivity index (χ4n) is 4.67. The maximum absolute atomic E-state index is 11.8. The number of aliphatic hydroxyl groups is 2. The fraction of sp³-hybridized carbons (Fsp3) is 0.933. The van der Waals surface area contributed by atoms with E-state index in [1.54, 1.807) is 0 Å². The van der Waals surface area contributed by atoms with Crippen molar-refractivity contribution in [3.63, 3.8) is 0 Å². The van der Waals surface area contributed by atoms with Crippen molar-refractivity contribution >= 4 is 5.97 Å². The molecule has 0 aromatic rings. The highest BCUT2D eigenvalue weighted by Gasteiger charge is 2.58. The Hall–Kier alpha value is -0.610. The van der Waals surface area contributed by atoms with Crippen molar-refractivity contribution in [3.05, 3.63) is 0 Å². The van der Waals surface area contributed by atoms with Crippen LogP contribution in [0.5, 0.6) is 0 Å². The zero-order valence-electron chi connectivity index (χ0n) is 11.9. The van der Waals surface area contributed by atoms with E-state index in [1.807, 2.05) is 20.8 Å². The van der Waals surface area contributed by atoms with Crippen LogP contribution in [-0.2, 0) is 9.53 Å². The van der Waals surface area contributed by atoms with E-state index in [-0.39, 0.29) is 35.7 Å². The Morgan fingerprint density at radius 2 is 1.89 bits per heavy atom. The first-order chi connectivity index (χ1) is 8.72. The van der Waals surface area contributed by atoms with Gasteiger partial charge in [0.2, 0.25) is 0 Å². The number of carbonyl (C=O) groups is 1. The highest BCUT2D eigenvalue weighted by atomic mass is 16.6. The van der Waals surface area contributed by atoms with Crippen molar-refractivity contribution in [1.82, 2.24) is 0 Å². The molecule has 2 aliphatic carbocycles. The van der Waals surface area contributed by atoms with Gasteiger partial charge in [0.15, 0.2) is 0 Å². The molecule has 1 heterocycles. The van der Waals surface area contributed by atoms with Crippen LogP contribution in [0.3, 0.4) is 0 Å². The first-order valence-electron chi connectivity index (χ1n) is 7.37. The molecule has 0 aromatic carbocycles. The van der Waals surface area contributed by atoms with Gasteiger partial charge in [0.25, 0.3) is 0 Å². The second kappa shape index (κ2) is 3.95. The van der Waals surface area contributed by atoms with E-state index in [4.69, 9.17) is 4.74 Å². The van der Waals surface area contributed by atoms with Gasteiger partial charge in [0.1, 0.15) is 6.10 Å². The Bertz CT molecular complexity index is 401. The zero-order chi connectivity index (χ0) is 14.0. The van der Waals surface area contributed by atoms with Crippen LogP contribution in [0.1, 0.15) is 46.5 Å². The summed E-state index contributed by atoms with van der Waals surface area (Å²) in [6, 6.07) is 0. The largest absolute Gasteiger partial charge is 0.462 e. The maximum atomic E-state index is 11.8. The topological polar surface area (TPSA) is 66.8 Å². The molecule has 0 spiro atoms. The van der Waals surface area contributed by atoms with E-state index in [2.05, 4.69) is 0 Å². The van der Waals surface area contributed by atoms with Crippen LogP contribution in [0.25, 0.3) is 0 Å². The molecule has 0 amide bonds. The SMILES string of the molecule is C[C@@H]1C(=O)O[C@@H]2C[C@](C)(O)[C@@H]3CC[C@](C)(O)[C@@H]3C[C@H]12. The monoisotopic (exact) mass is 268 g/mol. The van der Waals surface area contributed by atoms with Gasteiger partial charge in [0.05, 0.1) is 17.1 Å². The number of hydrogen-bond acceptors (Lipinski definition) is 4. The average molecular weight is 268 g/mol. The summed E-state index contributed by atoms with van der Waals surface area (Å²) in [5.74, 6) is 0.0461. The van der Waals surface area contributed by atoms with Crippen molar-refractivity contribution in [2.75, 3.05) is 0 Å². The molecule has 0 unspecified atom stereocenters. The van der Waals surface area contributed by atoms with E-state index in [9.17, 15) is 15.0 Å². The molecule has 0 aromatic heterocycles. The van der Waals surface area contributed by atoms with E-state index >= 15 is 0 Å². The lowest BCUT2D eigenvalue weighted by Crippen LogP contribution is -2.41. The predicted octanol–water partition coefficient (Wildman–Crippen LogP) is 1.49. The molecule has 4 heteroatoms. The molecule has 108 valence electrons. The van der Waals surface area contributed by atoms with Crippen LogP contribution in [0.2, 0.25) is 0 Å². The van der Waals surface area contributed by atoms with Crippen molar-refractivity contribution in [2.45, 2.75) is 63.8 Å². The minimum atomic E-state index is -0.852. The third-order valence-electron chi connectivity index (χ3n) is 5.94. The summed E-state index contributed by atoms with van der Waals surface area (Å²) in [5, 5.41) is 21.4. The van der Waals surface area contributed by atoms with Crippen LogP contribution in [0.15, 0.2) is 0 Å². The van der Waals surface area contributed by atoms with Crippen LogP contribution in [0, 0.1) is 23.7 Å². The van der Waals surface area contributed by atoms with Gasteiger partial charge in [-0.1, -0.05) is 6.92 Å². The zero-order valence-corrected chi connectivity index (χ0v) is 11.9. The molecule has 3 aliphatic rings. The van der Waals surface area contributed by atoms with E-state index in [1.165, 1.54) is 0 Å². The van der Waals surface area contributed by atoms with Gasteiger partial charge in [-0.15, -0.1) is 0 Å². The molecular weight excluding hydrogens is 244 g/mol. The summed E-state index contributed by atoms with van der Waals surface area (Å²) >= 11 is 0. The molecule has 19 heavy (non-hydrogen) atoms. The Labute approximate surface area is 114 Å². The quantitative estimate of drug-likeness (QED) is 0.653. The lowest BCUT2D eigenvalue weighted by atomic mass is 9.75. The summed E-state index contributed by atoms with van der Waals surface area (Å²) < 4.78 is 5.45. The molecule has 0 bridgehead atoms. The molecular formula is C15H24O4. The smallest absolute Gasteiger partial charge is 0.309 e. The molecule has 1 saturated heterocycles. The normalized spacial score (nSPS) is 57.3. The molecule has 3 fully saturated rings. The second-order valence-corrected chi connectivity index (χ2v) is 7.33. The molecule has 7 atom stereocenters. The maximum Gasteiger partial charge on any atom is 0.309 e. The van der Waals surface area contributed by atoms with Crippen LogP contribution in [0.4, 0.5) is 0 Å². The Morgan fingerprint density at radius 1 is 1.21 bits per heavy atom. The molecule has 1 aliphatic heterocycles. The van der Waals surface area contributed by atoms with E-state index in [0.29, 0.717) is 6.42 Å². The predicted molar refractivity (Wildman–Crippen MR) is 69.2 cm³/mol. The van der Waals surface area contributed by atoms with E-state index < -0.39 is 11.2 Å². The average Bonchev–Trinajstić information content (AvgIpc) is 2.66. The molecule has 2 saturated carbocycles. The molecule has 3 rings (SSSR count). The lowest BCUT2D eigenvalue weighted by molar-refractivity contribution is -0.146. The first-order valence-corrected chi connectivity index (χ1v) is 7.37. The molecule has 4 nitrogen and oxygen atoms in total. The van der Waals surface area contributed by atoms with Crippen molar-refractivity contribution in [1.29, 1.82) is 0 Å². The number of rotatable bonds is 0. The van der Waals surface area contributed by atoms with Gasteiger partial charge in [-0.2, -0.15) is 0 Å². The second-order valence-electron chi connectivity index (χ2n) is 7.33. The number of ether oxygens (including phenoxy) is 1. The molecule has 0 radical (unpaired) electrons. The van der Waals surface area contributed by atoms with Crippen LogP contribution >= 0.6 is 0 Å². The number of carbonyl (C=O) groups excluding carboxylic acids is 1. The Balaban J connectivity index is 1.95. The van der Waals surface area contributed by atoms with Gasteiger partial charge in [0, 0.05) is 12.3 Å². The molecule has 2 N–H and O–H groups in total. The Morgan fingerprint density at radius 3 is 2.58 bits per heavy atom. The van der Waals surface area contributed by atoms with Crippen LogP contribution in [-0.4, -0.2) is 33.5 Å². The van der Waals surface area contributed by atoms with Gasteiger partial charge in [-0.3, -0.25) is 4.79 Å². The summed E-state index contributed by atoms with van der Waals surface area (Å²) in [4.78, 5) is 11.8. The van der Waals surface area contributed by atoms with Crippen molar-refractivity contribution in [2.24, 2.45) is 23.7 Å². The third-order valence-corrected chi connectivity index (χ3v) is 5.94. The van der Waals surface area contributed by atoms with Crippen molar-refractivity contribution < 1.29 is 19.7 Å². The number of fused-ring (bicyclic) bond motifs is 2. The van der Waals surface area contributed by atoms with Gasteiger partial charge >= 0.3 is 5.97 Å². The summed E-state index contributed by atoms with van der Waals surface area (Å²) in [6.45, 7) is 5.62. The van der Waals surface area contributed by atoms with Crippen molar-refractivity contribution in [3.8, 4) is 0 Å². The highest BCUT2D eigenvalue weighted by Crippen LogP contribution is 2.54. The first kappa shape index (κ1) is 13.4.